The van der Waals surface area contributed by atoms with Crippen LogP contribution in [0.15, 0.2) is 3.92 Å². The van der Waals surface area contributed by atoms with Crippen molar-refractivity contribution in [3.05, 3.63) is 8.92 Å². The van der Waals surface area contributed by atoms with Gasteiger partial charge in [0, 0.05) is 0 Å². The van der Waals surface area contributed by atoms with E-state index in [1.54, 1.807) is 6.92 Å². The third kappa shape index (κ3) is 2.86. The molecule has 9 heteroatoms. The molecule has 0 bridgehead atoms. The molecule has 0 unspecified atom stereocenters. The van der Waals surface area contributed by atoms with Gasteiger partial charge >= 0.3 is 12.0 Å². The van der Waals surface area contributed by atoms with Gasteiger partial charge in [-0.05, 0) is 35.7 Å². The van der Waals surface area contributed by atoms with E-state index >= 15 is 0 Å². The summed E-state index contributed by atoms with van der Waals surface area (Å²) in [6.07, 6.45) is 1.13. The fraction of sp³-hybridized carbons (Fsp3) is 0.600. The first-order valence-corrected chi connectivity index (χ1v) is 7.32. The second-order valence-electron chi connectivity index (χ2n) is 4.13. The minimum Gasteiger partial charge on any atom is -0.464 e. The Labute approximate surface area is 122 Å². The SMILES string of the molecule is CCOC(=O)C1(N(Cc2nnc(Br)s2)C(N)=O)CC1. The fourth-order valence-electron chi connectivity index (χ4n) is 1.84. The monoisotopic (exact) mass is 348 g/mol. The number of hydrogen-bond acceptors (Lipinski definition) is 6. The number of ether oxygens (including phenoxy) is 1. The number of rotatable bonds is 5. The van der Waals surface area contributed by atoms with Crippen LogP contribution in [0.5, 0.6) is 0 Å². The van der Waals surface area contributed by atoms with Crippen molar-refractivity contribution in [1.82, 2.24) is 15.1 Å². The molecule has 1 fully saturated rings. The number of aromatic nitrogens is 2. The minimum atomic E-state index is -0.917. The lowest BCUT2D eigenvalue weighted by atomic mass is 10.2. The molecule has 0 radical (unpaired) electrons. The van der Waals surface area contributed by atoms with Crippen molar-refractivity contribution in [1.29, 1.82) is 0 Å². The van der Waals surface area contributed by atoms with Gasteiger partial charge in [-0.15, -0.1) is 10.2 Å². The molecule has 2 rings (SSSR count). The highest BCUT2D eigenvalue weighted by Crippen LogP contribution is 2.43. The lowest BCUT2D eigenvalue weighted by Crippen LogP contribution is -2.49. The third-order valence-electron chi connectivity index (χ3n) is 2.90. The van der Waals surface area contributed by atoms with E-state index in [0.29, 0.717) is 21.8 Å². The van der Waals surface area contributed by atoms with Crippen LogP contribution in [-0.2, 0) is 16.1 Å². The molecular formula is C10H13BrN4O3S. The molecule has 1 aliphatic rings. The Kier molecular flexibility index (Phi) is 4.04. The van der Waals surface area contributed by atoms with E-state index < -0.39 is 17.5 Å². The molecule has 1 aliphatic carbocycles. The lowest BCUT2D eigenvalue weighted by Gasteiger charge is -2.27. The van der Waals surface area contributed by atoms with Crippen LogP contribution in [0.4, 0.5) is 4.79 Å². The zero-order valence-corrected chi connectivity index (χ0v) is 12.7. The van der Waals surface area contributed by atoms with Crippen LogP contribution in [0.25, 0.3) is 0 Å². The molecule has 19 heavy (non-hydrogen) atoms. The predicted molar refractivity (Wildman–Crippen MR) is 71.3 cm³/mol. The summed E-state index contributed by atoms with van der Waals surface area (Å²) in [7, 11) is 0. The van der Waals surface area contributed by atoms with E-state index in [2.05, 4.69) is 26.1 Å². The average Bonchev–Trinajstić information content (AvgIpc) is 3.05. The van der Waals surface area contributed by atoms with Crippen molar-refractivity contribution >= 4 is 39.3 Å². The van der Waals surface area contributed by atoms with Crippen molar-refractivity contribution in [2.24, 2.45) is 5.73 Å². The molecule has 7 nitrogen and oxygen atoms in total. The van der Waals surface area contributed by atoms with Crippen LogP contribution >= 0.6 is 27.3 Å². The second kappa shape index (κ2) is 5.41. The summed E-state index contributed by atoms with van der Waals surface area (Å²) < 4.78 is 5.63. The van der Waals surface area contributed by atoms with Crippen LogP contribution in [0.2, 0.25) is 0 Å². The van der Waals surface area contributed by atoms with Crippen molar-refractivity contribution in [3.63, 3.8) is 0 Å². The molecule has 1 saturated carbocycles. The largest absolute Gasteiger partial charge is 0.464 e. The lowest BCUT2D eigenvalue weighted by molar-refractivity contribution is -0.150. The second-order valence-corrected chi connectivity index (χ2v) is 6.46. The number of nitrogens with zero attached hydrogens (tertiary/aromatic N) is 3. The summed E-state index contributed by atoms with van der Waals surface area (Å²) in [5.74, 6) is -0.405. The van der Waals surface area contributed by atoms with Gasteiger partial charge in [-0.3, -0.25) is 0 Å². The van der Waals surface area contributed by atoms with E-state index in [1.165, 1.54) is 16.2 Å². The molecule has 0 atom stereocenters. The number of amides is 2. The van der Waals surface area contributed by atoms with Gasteiger partial charge < -0.3 is 15.4 Å². The molecule has 1 heterocycles. The molecule has 2 amide bonds. The van der Waals surface area contributed by atoms with E-state index in [4.69, 9.17) is 10.5 Å². The molecule has 1 aromatic heterocycles. The molecular weight excluding hydrogens is 336 g/mol. The highest BCUT2D eigenvalue weighted by molar-refractivity contribution is 9.11. The van der Waals surface area contributed by atoms with Gasteiger partial charge in [0.1, 0.15) is 10.5 Å². The number of primary amides is 1. The quantitative estimate of drug-likeness (QED) is 0.808. The maximum absolute atomic E-state index is 12.0. The van der Waals surface area contributed by atoms with Crippen molar-refractivity contribution < 1.29 is 14.3 Å². The zero-order chi connectivity index (χ0) is 14.0. The van der Waals surface area contributed by atoms with Crippen molar-refractivity contribution in [3.8, 4) is 0 Å². The minimum absolute atomic E-state index is 0.164. The number of urea groups is 1. The van der Waals surface area contributed by atoms with E-state index in [-0.39, 0.29) is 13.2 Å². The molecule has 0 spiro atoms. The van der Waals surface area contributed by atoms with E-state index in [9.17, 15) is 9.59 Å². The summed E-state index contributed by atoms with van der Waals surface area (Å²) in [6.45, 7) is 2.17. The zero-order valence-electron chi connectivity index (χ0n) is 10.3. The van der Waals surface area contributed by atoms with Gasteiger partial charge in [-0.25, -0.2) is 9.59 Å². The van der Waals surface area contributed by atoms with Crippen LogP contribution in [-0.4, -0.2) is 39.2 Å². The first kappa shape index (κ1) is 14.2. The first-order chi connectivity index (χ1) is 8.99. The topological polar surface area (TPSA) is 98.4 Å². The number of hydrogen-bond donors (Lipinski definition) is 1. The number of halogens is 1. The standard InChI is InChI=1S/C10H13BrN4O3S/c1-2-18-7(16)10(3-4-10)15(9(12)17)5-6-13-14-8(11)19-6/h2-5H2,1H3,(H2,12,17). The number of nitrogens with two attached hydrogens (primary N) is 1. The van der Waals surface area contributed by atoms with Gasteiger partial charge in [0.05, 0.1) is 13.2 Å². The molecule has 0 aromatic carbocycles. The Bertz CT molecular complexity index is 503. The normalized spacial score (nSPS) is 15.9. The Hall–Kier alpha value is -1.22. The number of esters is 1. The highest BCUT2D eigenvalue weighted by Gasteiger charge is 2.57. The highest BCUT2D eigenvalue weighted by atomic mass is 79.9. The maximum atomic E-state index is 12.0. The Morgan fingerprint density at radius 2 is 2.21 bits per heavy atom. The van der Waals surface area contributed by atoms with Crippen LogP contribution in [0.3, 0.4) is 0 Å². The predicted octanol–water partition coefficient (Wildman–Crippen LogP) is 1.28. The molecule has 0 saturated heterocycles. The average molecular weight is 349 g/mol. The summed E-state index contributed by atoms with van der Waals surface area (Å²) in [5, 5.41) is 8.32. The van der Waals surface area contributed by atoms with Crippen LogP contribution in [0.1, 0.15) is 24.8 Å². The van der Waals surface area contributed by atoms with Crippen LogP contribution < -0.4 is 5.73 Å². The third-order valence-corrected chi connectivity index (χ3v) is 4.24. The Morgan fingerprint density at radius 1 is 1.53 bits per heavy atom. The molecule has 0 aliphatic heterocycles. The van der Waals surface area contributed by atoms with Gasteiger partial charge in [0.25, 0.3) is 0 Å². The molecule has 1 aromatic rings. The van der Waals surface area contributed by atoms with Gasteiger partial charge in [-0.1, -0.05) is 11.3 Å². The van der Waals surface area contributed by atoms with Crippen LogP contribution in [0, 0.1) is 0 Å². The van der Waals surface area contributed by atoms with Gasteiger partial charge in [0.2, 0.25) is 0 Å². The number of carbonyl (C=O) groups is 2. The Morgan fingerprint density at radius 3 is 2.63 bits per heavy atom. The fourth-order valence-corrected chi connectivity index (χ4v) is 3.03. The Balaban J connectivity index is 2.16. The summed E-state index contributed by atoms with van der Waals surface area (Å²) in [5.41, 5.74) is 4.46. The summed E-state index contributed by atoms with van der Waals surface area (Å²) in [6, 6.07) is -0.656. The molecule has 2 N–H and O–H groups in total. The summed E-state index contributed by atoms with van der Waals surface area (Å²) >= 11 is 4.49. The van der Waals surface area contributed by atoms with Gasteiger partial charge in [0.15, 0.2) is 3.92 Å². The number of carbonyl (C=O) groups excluding carboxylic acids is 2. The molecule has 104 valence electrons. The maximum Gasteiger partial charge on any atom is 0.332 e. The summed E-state index contributed by atoms with van der Waals surface area (Å²) in [4.78, 5) is 24.9. The van der Waals surface area contributed by atoms with Gasteiger partial charge in [-0.2, -0.15) is 0 Å². The van der Waals surface area contributed by atoms with Crippen molar-refractivity contribution in [2.75, 3.05) is 6.61 Å². The van der Waals surface area contributed by atoms with E-state index in [0.717, 1.165) is 0 Å². The smallest absolute Gasteiger partial charge is 0.332 e. The van der Waals surface area contributed by atoms with Crippen molar-refractivity contribution in [2.45, 2.75) is 31.8 Å². The van der Waals surface area contributed by atoms with E-state index in [1.807, 2.05) is 0 Å². The first-order valence-electron chi connectivity index (χ1n) is 5.72.